The highest BCUT2D eigenvalue weighted by atomic mass is 16.6. The number of carbonyl (C=O) groups excluding carboxylic acids is 3. The topological polar surface area (TPSA) is 81.7 Å². The Kier molecular flexibility index (Phi) is 6.49. The van der Waals surface area contributed by atoms with Crippen molar-refractivity contribution < 1.29 is 23.9 Å². The van der Waals surface area contributed by atoms with Crippen LogP contribution in [0, 0.1) is 13.8 Å². The largest absolute Gasteiger partial charge is 0.482 e. The van der Waals surface area contributed by atoms with E-state index in [0.717, 1.165) is 11.1 Å². The van der Waals surface area contributed by atoms with Crippen LogP contribution in [0.1, 0.15) is 28.4 Å². The minimum atomic E-state index is -0.656. The third kappa shape index (κ3) is 5.73. The van der Waals surface area contributed by atoms with Crippen molar-refractivity contribution in [3.8, 4) is 5.75 Å². The second-order valence-corrected chi connectivity index (χ2v) is 5.90. The number of hydrogen-bond acceptors (Lipinski definition) is 5. The third-order valence-corrected chi connectivity index (χ3v) is 3.64. The van der Waals surface area contributed by atoms with Crippen LogP contribution in [0.3, 0.4) is 0 Å². The molecular weight excluding hydrogens is 334 g/mol. The lowest BCUT2D eigenvalue weighted by molar-refractivity contribution is -0.149. The molecule has 2 aromatic carbocycles. The van der Waals surface area contributed by atoms with Crippen molar-refractivity contribution in [2.24, 2.45) is 0 Å². The Bertz CT molecular complexity index is 811. The fraction of sp³-hybridized carbons (Fsp3) is 0.250. The first-order valence-corrected chi connectivity index (χ1v) is 8.11. The van der Waals surface area contributed by atoms with Crippen molar-refractivity contribution in [3.63, 3.8) is 0 Å². The molecule has 1 N–H and O–H groups in total. The molecule has 0 heterocycles. The molecule has 0 fully saturated rings. The fourth-order valence-electron chi connectivity index (χ4n) is 2.26. The Morgan fingerprint density at radius 3 is 2.27 bits per heavy atom. The van der Waals surface area contributed by atoms with E-state index in [2.05, 4.69) is 5.32 Å². The summed E-state index contributed by atoms with van der Waals surface area (Å²) in [4.78, 5) is 34.7. The van der Waals surface area contributed by atoms with E-state index in [1.165, 1.54) is 6.92 Å². The number of ketones is 1. The maximum absolute atomic E-state index is 11.9. The molecule has 0 atom stereocenters. The normalized spacial score (nSPS) is 10.1. The number of carbonyl (C=O) groups is 3. The molecule has 2 aromatic rings. The van der Waals surface area contributed by atoms with Crippen molar-refractivity contribution >= 4 is 23.3 Å². The van der Waals surface area contributed by atoms with Crippen LogP contribution in [0.25, 0.3) is 0 Å². The van der Waals surface area contributed by atoms with E-state index in [9.17, 15) is 14.4 Å². The first-order chi connectivity index (χ1) is 12.3. The zero-order valence-corrected chi connectivity index (χ0v) is 15.0. The molecule has 6 nitrogen and oxygen atoms in total. The molecule has 0 bridgehead atoms. The molecular formula is C20H21NO5. The molecule has 0 spiro atoms. The lowest BCUT2D eigenvalue weighted by atomic mass is 10.1. The van der Waals surface area contributed by atoms with Crippen LogP contribution in [0.2, 0.25) is 0 Å². The summed E-state index contributed by atoms with van der Waals surface area (Å²) in [6.45, 7) is 4.61. The first kappa shape index (κ1) is 19.2. The molecule has 0 aliphatic carbocycles. The van der Waals surface area contributed by atoms with Crippen molar-refractivity contribution in [1.29, 1.82) is 0 Å². The van der Waals surface area contributed by atoms with Gasteiger partial charge in [0.25, 0.3) is 5.91 Å². The van der Waals surface area contributed by atoms with Crippen molar-refractivity contribution in [1.82, 2.24) is 0 Å². The summed E-state index contributed by atoms with van der Waals surface area (Å²) in [5, 5.41) is 2.69. The molecule has 0 aliphatic heterocycles. The van der Waals surface area contributed by atoms with Gasteiger partial charge in [-0.3, -0.25) is 9.59 Å². The van der Waals surface area contributed by atoms with Crippen molar-refractivity contribution in [2.45, 2.75) is 20.8 Å². The first-order valence-electron chi connectivity index (χ1n) is 8.11. The lowest BCUT2D eigenvalue weighted by Crippen LogP contribution is -2.24. The van der Waals surface area contributed by atoms with Gasteiger partial charge in [0.15, 0.2) is 19.0 Å². The van der Waals surface area contributed by atoms with Gasteiger partial charge in [-0.25, -0.2) is 4.79 Å². The Morgan fingerprint density at radius 1 is 0.962 bits per heavy atom. The zero-order valence-electron chi connectivity index (χ0n) is 15.0. The summed E-state index contributed by atoms with van der Waals surface area (Å²) < 4.78 is 10.2. The maximum Gasteiger partial charge on any atom is 0.344 e. The van der Waals surface area contributed by atoms with Gasteiger partial charge in [-0.15, -0.1) is 0 Å². The van der Waals surface area contributed by atoms with E-state index in [-0.39, 0.29) is 12.4 Å². The monoisotopic (exact) mass is 355 g/mol. The number of nitrogens with one attached hydrogen (secondary N) is 1. The molecule has 0 saturated heterocycles. The zero-order chi connectivity index (χ0) is 19.1. The molecule has 0 radical (unpaired) electrons. The number of hydrogen-bond donors (Lipinski definition) is 1. The van der Waals surface area contributed by atoms with Crippen molar-refractivity contribution in [3.05, 3.63) is 59.2 Å². The SMILES string of the molecule is CC(=O)c1ccc(OCC(=O)OCC(=O)Nc2ccc(C)cc2C)cc1. The minimum Gasteiger partial charge on any atom is -0.482 e. The van der Waals surface area contributed by atoms with Gasteiger partial charge in [0.05, 0.1) is 0 Å². The van der Waals surface area contributed by atoms with Gasteiger partial charge < -0.3 is 14.8 Å². The second kappa shape index (κ2) is 8.80. The molecule has 1 amide bonds. The minimum absolute atomic E-state index is 0.0502. The molecule has 0 unspecified atom stereocenters. The highest BCUT2D eigenvalue weighted by Crippen LogP contribution is 2.16. The molecule has 2 rings (SSSR count). The second-order valence-electron chi connectivity index (χ2n) is 5.90. The molecule has 6 heteroatoms. The number of rotatable bonds is 7. The third-order valence-electron chi connectivity index (χ3n) is 3.64. The average molecular weight is 355 g/mol. The fourth-order valence-corrected chi connectivity index (χ4v) is 2.26. The van der Waals surface area contributed by atoms with Gasteiger partial charge in [-0.1, -0.05) is 17.7 Å². The van der Waals surface area contributed by atoms with Gasteiger partial charge in [0, 0.05) is 11.3 Å². The quantitative estimate of drug-likeness (QED) is 0.610. The Balaban J connectivity index is 1.75. The number of ether oxygens (including phenoxy) is 2. The summed E-state index contributed by atoms with van der Waals surface area (Å²) in [6, 6.07) is 12.1. The molecule has 0 aliphatic rings. The van der Waals surface area contributed by atoms with Crippen LogP contribution in [0.15, 0.2) is 42.5 Å². The van der Waals surface area contributed by atoms with Gasteiger partial charge in [0.2, 0.25) is 0 Å². The summed E-state index contributed by atoms with van der Waals surface area (Å²) in [7, 11) is 0. The van der Waals surface area contributed by atoms with Gasteiger partial charge in [-0.2, -0.15) is 0 Å². The number of Topliss-reactive ketones (excluding diaryl/α,β-unsaturated/α-hetero) is 1. The smallest absolute Gasteiger partial charge is 0.344 e. The molecule has 26 heavy (non-hydrogen) atoms. The summed E-state index contributed by atoms with van der Waals surface area (Å²) >= 11 is 0. The predicted octanol–water partition coefficient (Wildman–Crippen LogP) is 3.07. The van der Waals surface area contributed by atoms with E-state index in [1.54, 1.807) is 30.3 Å². The van der Waals surface area contributed by atoms with Crippen LogP contribution in [0.4, 0.5) is 5.69 Å². The van der Waals surface area contributed by atoms with E-state index >= 15 is 0 Å². The number of esters is 1. The molecule has 0 aromatic heterocycles. The predicted molar refractivity (Wildman–Crippen MR) is 97.4 cm³/mol. The van der Waals surface area contributed by atoms with E-state index in [1.807, 2.05) is 26.0 Å². The van der Waals surface area contributed by atoms with E-state index in [0.29, 0.717) is 17.0 Å². The number of anilines is 1. The maximum atomic E-state index is 11.9. The number of benzene rings is 2. The highest BCUT2D eigenvalue weighted by Gasteiger charge is 2.10. The van der Waals surface area contributed by atoms with Crippen LogP contribution < -0.4 is 10.1 Å². The summed E-state index contributed by atoms with van der Waals surface area (Å²) in [5.41, 5.74) is 3.27. The Labute approximate surface area is 152 Å². The number of amides is 1. The summed E-state index contributed by atoms with van der Waals surface area (Å²) in [5.74, 6) is -0.690. The standard InChI is InChI=1S/C20H21NO5/c1-13-4-9-18(14(2)10-13)21-19(23)11-26-20(24)12-25-17-7-5-16(6-8-17)15(3)22/h4-10H,11-12H2,1-3H3,(H,21,23). The van der Waals surface area contributed by atoms with Gasteiger partial charge in [-0.05, 0) is 56.7 Å². The van der Waals surface area contributed by atoms with Gasteiger partial charge in [0.1, 0.15) is 5.75 Å². The molecule has 136 valence electrons. The van der Waals surface area contributed by atoms with Crippen LogP contribution >= 0.6 is 0 Å². The van der Waals surface area contributed by atoms with Crippen LogP contribution in [0.5, 0.6) is 5.75 Å². The molecule has 0 saturated carbocycles. The lowest BCUT2D eigenvalue weighted by Gasteiger charge is -2.10. The Morgan fingerprint density at radius 2 is 1.65 bits per heavy atom. The van der Waals surface area contributed by atoms with E-state index in [4.69, 9.17) is 9.47 Å². The Hall–Kier alpha value is -3.15. The van der Waals surface area contributed by atoms with E-state index < -0.39 is 18.5 Å². The van der Waals surface area contributed by atoms with Crippen LogP contribution in [-0.4, -0.2) is 30.9 Å². The van der Waals surface area contributed by atoms with Gasteiger partial charge >= 0.3 is 5.97 Å². The highest BCUT2D eigenvalue weighted by molar-refractivity contribution is 5.94. The van der Waals surface area contributed by atoms with Crippen LogP contribution in [-0.2, 0) is 14.3 Å². The average Bonchev–Trinajstić information content (AvgIpc) is 2.61. The van der Waals surface area contributed by atoms with Crippen molar-refractivity contribution in [2.75, 3.05) is 18.5 Å². The summed E-state index contributed by atoms with van der Waals surface area (Å²) in [6.07, 6.45) is 0. The number of aryl methyl sites for hydroxylation is 2.